The highest BCUT2D eigenvalue weighted by Crippen LogP contribution is 2.45. The number of nitrogens with zero attached hydrogens (tertiary/aromatic N) is 2. The molecule has 0 radical (unpaired) electrons. The second-order valence-corrected chi connectivity index (χ2v) is 7.81. The van der Waals surface area contributed by atoms with Crippen molar-refractivity contribution in [3.63, 3.8) is 0 Å². The number of nitrogens with two attached hydrogens (primary N) is 1. The van der Waals surface area contributed by atoms with Crippen molar-refractivity contribution in [2.45, 2.75) is 12.5 Å². The Hall–Kier alpha value is -4.70. The van der Waals surface area contributed by atoms with Gasteiger partial charge in [0.05, 0.1) is 24.3 Å². The topological polar surface area (TPSA) is 106 Å². The summed E-state index contributed by atoms with van der Waals surface area (Å²) in [4.78, 5) is 0. The van der Waals surface area contributed by atoms with E-state index in [0.29, 0.717) is 18.1 Å². The third-order valence-electron chi connectivity index (χ3n) is 5.78. The average molecular weight is 450 g/mol. The predicted molar refractivity (Wildman–Crippen MR) is 127 cm³/mol. The van der Waals surface area contributed by atoms with Gasteiger partial charge < -0.3 is 19.9 Å². The SMILES string of the molecule is COc1ccc(-c2[nH]nc3c2C(c2ccc(OCc4ccccc4)cc2)C(C#N)=C(N)O3)cc1. The van der Waals surface area contributed by atoms with Crippen LogP contribution in [0.2, 0.25) is 0 Å². The van der Waals surface area contributed by atoms with E-state index in [1.165, 1.54) is 0 Å². The highest BCUT2D eigenvalue weighted by atomic mass is 16.5. The van der Waals surface area contributed by atoms with Gasteiger partial charge in [0.1, 0.15) is 29.7 Å². The number of methoxy groups -OCH3 is 1. The smallest absolute Gasteiger partial charge is 0.244 e. The molecule has 0 fully saturated rings. The second-order valence-electron chi connectivity index (χ2n) is 7.81. The number of fused-ring (bicyclic) bond motifs is 1. The van der Waals surface area contributed by atoms with Gasteiger partial charge in [0, 0.05) is 5.56 Å². The Bertz CT molecular complexity index is 1370. The molecule has 4 aromatic rings. The number of ether oxygens (including phenoxy) is 3. The minimum Gasteiger partial charge on any atom is -0.497 e. The Kier molecular flexibility index (Phi) is 5.63. The number of hydrogen-bond donors (Lipinski definition) is 2. The Morgan fingerprint density at radius 2 is 1.71 bits per heavy atom. The van der Waals surface area contributed by atoms with Gasteiger partial charge in [-0.15, -0.1) is 5.10 Å². The third-order valence-corrected chi connectivity index (χ3v) is 5.78. The number of aromatic nitrogens is 2. The number of hydrogen-bond acceptors (Lipinski definition) is 6. The monoisotopic (exact) mass is 450 g/mol. The van der Waals surface area contributed by atoms with Crippen LogP contribution in [0.4, 0.5) is 0 Å². The first-order chi connectivity index (χ1) is 16.7. The lowest BCUT2D eigenvalue weighted by Crippen LogP contribution is -2.21. The molecular weight excluding hydrogens is 428 g/mol. The van der Waals surface area contributed by atoms with Gasteiger partial charge in [-0.1, -0.05) is 42.5 Å². The second kappa shape index (κ2) is 9.04. The molecule has 1 aliphatic heterocycles. The van der Waals surface area contributed by atoms with Crippen LogP contribution in [0.5, 0.6) is 17.4 Å². The van der Waals surface area contributed by atoms with Crippen LogP contribution in [0, 0.1) is 11.3 Å². The summed E-state index contributed by atoms with van der Waals surface area (Å²) in [5, 5.41) is 17.3. The molecule has 1 aromatic heterocycles. The highest BCUT2D eigenvalue weighted by molar-refractivity contribution is 5.71. The van der Waals surface area contributed by atoms with Crippen molar-refractivity contribution < 1.29 is 14.2 Å². The molecule has 0 spiro atoms. The number of H-pyrrole nitrogens is 1. The molecule has 1 aliphatic rings. The maximum atomic E-state index is 9.91. The molecule has 7 nitrogen and oxygen atoms in total. The van der Waals surface area contributed by atoms with Crippen LogP contribution in [0.15, 0.2) is 90.3 Å². The van der Waals surface area contributed by atoms with Crippen LogP contribution in [-0.2, 0) is 6.61 Å². The summed E-state index contributed by atoms with van der Waals surface area (Å²) in [6.45, 7) is 0.473. The van der Waals surface area contributed by atoms with Gasteiger partial charge in [-0.2, -0.15) is 5.26 Å². The van der Waals surface area contributed by atoms with Crippen molar-refractivity contribution in [1.29, 1.82) is 5.26 Å². The minimum absolute atomic E-state index is 0.0529. The van der Waals surface area contributed by atoms with E-state index in [1.54, 1.807) is 7.11 Å². The lowest BCUT2D eigenvalue weighted by Gasteiger charge is -2.24. The van der Waals surface area contributed by atoms with E-state index in [2.05, 4.69) is 16.3 Å². The summed E-state index contributed by atoms with van der Waals surface area (Å²) in [7, 11) is 1.62. The third kappa shape index (κ3) is 3.93. The molecule has 1 atom stereocenters. The molecule has 0 amide bonds. The van der Waals surface area contributed by atoms with E-state index in [1.807, 2.05) is 78.9 Å². The molecule has 0 saturated heterocycles. The lowest BCUT2D eigenvalue weighted by molar-refractivity contribution is 0.306. The van der Waals surface area contributed by atoms with Crippen LogP contribution < -0.4 is 19.9 Å². The van der Waals surface area contributed by atoms with Crippen LogP contribution in [0.3, 0.4) is 0 Å². The number of rotatable bonds is 6. The number of aromatic amines is 1. The first-order valence-electron chi connectivity index (χ1n) is 10.7. The molecule has 7 heteroatoms. The molecule has 34 heavy (non-hydrogen) atoms. The van der Waals surface area contributed by atoms with Crippen molar-refractivity contribution in [3.05, 3.63) is 107 Å². The Morgan fingerprint density at radius 3 is 2.38 bits per heavy atom. The van der Waals surface area contributed by atoms with Gasteiger partial charge >= 0.3 is 0 Å². The molecule has 1 unspecified atom stereocenters. The average Bonchev–Trinajstić information content (AvgIpc) is 3.31. The van der Waals surface area contributed by atoms with Gasteiger partial charge in [0.15, 0.2) is 0 Å². The summed E-state index contributed by atoms with van der Waals surface area (Å²) in [5.41, 5.74) is 10.8. The van der Waals surface area contributed by atoms with E-state index in [4.69, 9.17) is 19.9 Å². The van der Waals surface area contributed by atoms with Crippen LogP contribution in [0.1, 0.15) is 22.6 Å². The molecule has 2 heterocycles. The molecule has 168 valence electrons. The zero-order valence-corrected chi connectivity index (χ0v) is 18.5. The quantitative estimate of drug-likeness (QED) is 0.434. The zero-order chi connectivity index (χ0) is 23.5. The summed E-state index contributed by atoms with van der Waals surface area (Å²) in [6.07, 6.45) is 0. The Morgan fingerprint density at radius 1 is 1.00 bits per heavy atom. The maximum absolute atomic E-state index is 9.91. The molecular formula is C27H22N4O3. The van der Waals surface area contributed by atoms with Gasteiger partial charge in [-0.05, 0) is 47.5 Å². The first-order valence-corrected chi connectivity index (χ1v) is 10.7. The van der Waals surface area contributed by atoms with Crippen LogP contribution in [-0.4, -0.2) is 17.3 Å². The fraction of sp³-hybridized carbons (Fsp3) is 0.111. The Labute approximate surface area is 197 Å². The molecule has 0 saturated carbocycles. The fourth-order valence-corrected chi connectivity index (χ4v) is 4.05. The van der Waals surface area contributed by atoms with E-state index in [9.17, 15) is 5.26 Å². The predicted octanol–water partition coefficient (Wildman–Crippen LogP) is 4.88. The van der Waals surface area contributed by atoms with Gasteiger partial charge in [-0.3, -0.25) is 5.10 Å². The van der Waals surface area contributed by atoms with Crippen molar-refractivity contribution in [3.8, 4) is 34.7 Å². The molecule has 5 rings (SSSR count). The molecule has 3 aromatic carbocycles. The van der Waals surface area contributed by atoms with Crippen molar-refractivity contribution in [2.75, 3.05) is 7.11 Å². The summed E-state index contributed by atoms with van der Waals surface area (Å²) in [5.74, 6) is 1.46. The van der Waals surface area contributed by atoms with Gasteiger partial charge in [-0.25, -0.2) is 0 Å². The largest absolute Gasteiger partial charge is 0.497 e. The first kappa shape index (κ1) is 21.2. The molecule has 0 bridgehead atoms. The standard InChI is InChI=1S/C27H22N4O3/c1-32-20-11-9-19(10-12-20)25-24-23(22(15-28)26(29)34-27(24)31-30-25)18-7-13-21(14-8-18)33-16-17-5-3-2-4-6-17/h2-14,23H,16,29H2,1H3,(H,30,31). The van der Waals surface area contributed by atoms with Crippen LogP contribution >= 0.6 is 0 Å². The summed E-state index contributed by atoms with van der Waals surface area (Å²) >= 11 is 0. The lowest BCUT2D eigenvalue weighted by atomic mass is 9.83. The van der Waals surface area contributed by atoms with Crippen molar-refractivity contribution in [1.82, 2.24) is 10.2 Å². The summed E-state index contributed by atoms with van der Waals surface area (Å²) < 4.78 is 16.9. The molecule has 3 N–H and O–H groups in total. The zero-order valence-electron chi connectivity index (χ0n) is 18.5. The van der Waals surface area contributed by atoms with Gasteiger partial charge in [0.25, 0.3) is 0 Å². The Balaban J connectivity index is 1.49. The number of nitrogens with one attached hydrogen (secondary N) is 1. The van der Waals surface area contributed by atoms with Crippen molar-refractivity contribution >= 4 is 0 Å². The molecule has 0 aliphatic carbocycles. The fourth-order valence-electron chi connectivity index (χ4n) is 4.05. The number of nitriles is 1. The highest BCUT2D eigenvalue weighted by Gasteiger charge is 2.35. The van der Waals surface area contributed by atoms with E-state index in [0.717, 1.165) is 39.4 Å². The van der Waals surface area contributed by atoms with Crippen LogP contribution in [0.25, 0.3) is 11.3 Å². The number of allylic oxidation sites excluding steroid dienone is 1. The van der Waals surface area contributed by atoms with E-state index >= 15 is 0 Å². The normalized spacial score (nSPS) is 14.6. The van der Waals surface area contributed by atoms with E-state index < -0.39 is 5.92 Å². The van der Waals surface area contributed by atoms with Crippen molar-refractivity contribution in [2.24, 2.45) is 5.73 Å². The van der Waals surface area contributed by atoms with E-state index in [-0.39, 0.29) is 5.88 Å². The number of benzene rings is 3. The minimum atomic E-state index is -0.437. The summed E-state index contributed by atoms with van der Waals surface area (Å²) in [6, 6.07) is 27.5. The maximum Gasteiger partial charge on any atom is 0.244 e. The van der Waals surface area contributed by atoms with Gasteiger partial charge in [0.2, 0.25) is 11.8 Å².